The van der Waals surface area contributed by atoms with Crippen molar-refractivity contribution >= 4 is 11.8 Å². The van der Waals surface area contributed by atoms with Crippen molar-refractivity contribution < 1.29 is 9.59 Å². The first-order valence-corrected chi connectivity index (χ1v) is 5.22. The molecule has 0 radical (unpaired) electrons. The largest absolute Gasteiger partial charge is 0.331 e. The molecule has 2 amide bonds. The normalized spacial score (nSPS) is 9.62. The van der Waals surface area contributed by atoms with Gasteiger partial charge in [-0.25, -0.2) is 4.79 Å². The molecule has 86 valence electrons. The molecule has 0 aliphatic heterocycles. The molecular formula is C12H16N2O2. The summed E-state index contributed by atoms with van der Waals surface area (Å²) in [5, 5.41) is 2.57. The highest BCUT2D eigenvalue weighted by atomic mass is 16.2. The second kappa shape index (κ2) is 5.90. The van der Waals surface area contributed by atoms with E-state index in [1.54, 1.807) is 31.3 Å². The van der Waals surface area contributed by atoms with E-state index in [2.05, 4.69) is 5.32 Å². The highest BCUT2D eigenvalue weighted by Crippen LogP contribution is 1.98. The molecule has 0 saturated heterocycles. The predicted octanol–water partition coefficient (Wildman–Crippen LogP) is 1.53. The van der Waals surface area contributed by atoms with Crippen molar-refractivity contribution in [3.05, 3.63) is 35.9 Å². The van der Waals surface area contributed by atoms with Crippen LogP contribution in [0.4, 0.5) is 4.79 Å². The molecule has 0 saturated carbocycles. The van der Waals surface area contributed by atoms with Gasteiger partial charge in [0.15, 0.2) is 5.78 Å². The van der Waals surface area contributed by atoms with E-state index < -0.39 is 0 Å². The van der Waals surface area contributed by atoms with Crippen molar-refractivity contribution in [2.45, 2.75) is 6.92 Å². The number of amides is 2. The third kappa shape index (κ3) is 3.38. The van der Waals surface area contributed by atoms with Crippen molar-refractivity contribution in [3.63, 3.8) is 0 Å². The van der Waals surface area contributed by atoms with Crippen LogP contribution in [-0.4, -0.2) is 36.9 Å². The summed E-state index contributed by atoms with van der Waals surface area (Å²) in [6.45, 7) is 2.52. The van der Waals surface area contributed by atoms with Crippen molar-refractivity contribution in [3.8, 4) is 0 Å². The first kappa shape index (κ1) is 12.2. The van der Waals surface area contributed by atoms with Gasteiger partial charge in [-0.2, -0.15) is 0 Å². The van der Waals surface area contributed by atoms with E-state index in [1.807, 2.05) is 13.0 Å². The Labute approximate surface area is 95.3 Å². The highest BCUT2D eigenvalue weighted by Gasteiger charge is 2.09. The minimum atomic E-state index is -0.230. The van der Waals surface area contributed by atoms with E-state index in [9.17, 15) is 9.59 Å². The second-order valence-electron chi connectivity index (χ2n) is 3.46. The van der Waals surface area contributed by atoms with Crippen molar-refractivity contribution in [2.24, 2.45) is 0 Å². The molecule has 16 heavy (non-hydrogen) atoms. The van der Waals surface area contributed by atoms with Gasteiger partial charge in [-0.05, 0) is 6.92 Å². The molecule has 0 aliphatic carbocycles. The van der Waals surface area contributed by atoms with Gasteiger partial charge in [0.2, 0.25) is 0 Å². The van der Waals surface area contributed by atoms with E-state index in [-0.39, 0.29) is 18.4 Å². The fraction of sp³-hybridized carbons (Fsp3) is 0.333. The van der Waals surface area contributed by atoms with Gasteiger partial charge in [0.25, 0.3) is 0 Å². The topological polar surface area (TPSA) is 49.4 Å². The van der Waals surface area contributed by atoms with Crippen LogP contribution in [0.15, 0.2) is 30.3 Å². The lowest BCUT2D eigenvalue weighted by Gasteiger charge is -2.14. The molecule has 0 unspecified atom stereocenters. The first-order chi connectivity index (χ1) is 7.65. The third-order valence-corrected chi connectivity index (χ3v) is 2.32. The summed E-state index contributed by atoms with van der Waals surface area (Å²) in [6, 6.07) is 8.68. The molecule has 4 nitrogen and oxygen atoms in total. The lowest BCUT2D eigenvalue weighted by Crippen LogP contribution is -2.39. The summed E-state index contributed by atoms with van der Waals surface area (Å²) in [5.41, 5.74) is 0.613. The molecule has 0 heterocycles. The highest BCUT2D eigenvalue weighted by molar-refractivity contribution is 5.99. The molecule has 0 aromatic heterocycles. The fourth-order valence-electron chi connectivity index (χ4n) is 1.16. The average molecular weight is 220 g/mol. The van der Waals surface area contributed by atoms with E-state index in [0.29, 0.717) is 12.1 Å². The smallest absolute Gasteiger partial charge is 0.317 e. The number of ketones is 1. The maximum absolute atomic E-state index is 11.6. The number of carbonyl (C=O) groups is 2. The SMILES string of the molecule is CCN(C)C(=O)NCC(=O)c1ccccc1. The lowest BCUT2D eigenvalue weighted by molar-refractivity contribution is 0.0990. The van der Waals surface area contributed by atoms with Crippen LogP contribution >= 0.6 is 0 Å². The molecular weight excluding hydrogens is 204 g/mol. The third-order valence-electron chi connectivity index (χ3n) is 2.32. The Morgan fingerprint density at radius 2 is 1.88 bits per heavy atom. The van der Waals surface area contributed by atoms with Crippen LogP contribution in [0.3, 0.4) is 0 Å². The number of nitrogens with one attached hydrogen (secondary N) is 1. The van der Waals surface area contributed by atoms with Gasteiger partial charge < -0.3 is 10.2 Å². The van der Waals surface area contributed by atoms with Gasteiger partial charge >= 0.3 is 6.03 Å². The Morgan fingerprint density at radius 1 is 1.25 bits per heavy atom. The number of benzene rings is 1. The number of urea groups is 1. The summed E-state index contributed by atoms with van der Waals surface area (Å²) in [5.74, 6) is -0.0848. The van der Waals surface area contributed by atoms with Crippen LogP contribution < -0.4 is 5.32 Å². The Morgan fingerprint density at radius 3 is 2.44 bits per heavy atom. The van der Waals surface area contributed by atoms with Crippen LogP contribution in [0.2, 0.25) is 0 Å². The van der Waals surface area contributed by atoms with Crippen molar-refractivity contribution in [2.75, 3.05) is 20.1 Å². The number of Topliss-reactive ketones (excluding diaryl/α,β-unsaturated/α-hetero) is 1. The van der Waals surface area contributed by atoms with Crippen molar-refractivity contribution in [1.82, 2.24) is 10.2 Å². The van der Waals surface area contributed by atoms with Crippen LogP contribution in [0.25, 0.3) is 0 Å². The Hall–Kier alpha value is -1.84. The summed E-state index contributed by atoms with van der Waals surface area (Å²) in [7, 11) is 1.68. The average Bonchev–Trinajstić information content (AvgIpc) is 2.35. The van der Waals surface area contributed by atoms with Crippen LogP contribution in [0.5, 0.6) is 0 Å². The second-order valence-corrected chi connectivity index (χ2v) is 3.46. The molecule has 0 fully saturated rings. The standard InChI is InChI=1S/C12H16N2O2/c1-3-14(2)12(16)13-9-11(15)10-7-5-4-6-8-10/h4-8H,3,9H2,1-2H3,(H,13,16). The molecule has 0 aliphatic rings. The monoisotopic (exact) mass is 220 g/mol. The quantitative estimate of drug-likeness (QED) is 0.782. The lowest BCUT2D eigenvalue weighted by atomic mass is 10.1. The molecule has 4 heteroatoms. The molecule has 0 atom stereocenters. The predicted molar refractivity (Wildman–Crippen MR) is 62.5 cm³/mol. The molecule has 1 N–H and O–H groups in total. The Bertz CT molecular complexity index is 363. The van der Waals surface area contributed by atoms with Gasteiger partial charge in [-0.15, -0.1) is 0 Å². The summed E-state index contributed by atoms with van der Waals surface area (Å²) < 4.78 is 0. The number of carbonyl (C=O) groups excluding carboxylic acids is 2. The Balaban J connectivity index is 2.45. The minimum Gasteiger partial charge on any atom is -0.331 e. The summed E-state index contributed by atoms with van der Waals surface area (Å²) in [6.07, 6.45) is 0. The molecule has 1 rings (SSSR count). The van der Waals surface area contributed by atoms with E-state index in [0.717, 1.165) is 0 Å². The number of hydrogen-bond donors (Lipinski definition) is 1. The minimum absolute atomic E-state index is 0.0349. The van der Waals surface area contributed by atoms with E-state index in [1.165, 1.54) is 4.90 Å². The molecule has 0 spiro atoms. The van der Waals surface area contributed by atoms with Crippen molar-refractivity contribution in [1.29, 1.82) is 0 Å². The molecule has 1 aromatic rings. The Kier molecular flexibility index (Phi) is 4.51. The number of nitrogens with zero attached hydrogens (tertiary/aromatic N) is 1. The fourth-order valence-corrected chi connectivity index (χ4v) is 1.16. The van der Waals surface area contributed by atoms with Crippen LogP contribution in [-0.2, 0) is 0 Å². The van der Waals surface area contributed by atoms with Gasteiger partial charge in [0, 0.05) is 19.2 Å². The zero-order valence-electron chi connectivity index (χ0n) is 9.56. The van der Waals surface area contributed by atoms with Gasteiger partial charge in [0.05, 0.1) is 6.54 Å². The summed E-state index contributed by atoms with van der Waals surface area (Å²) in [4.78, 5) is 24.5. The van der Waals surface area contributed by atoms with Gasteiger partial charge in [-0.1, -0.05) is 30.3 Å². The number of hydrogen-bond acceptors (Lipinski definition) is 2. The van der Waals surface area contributed by atoms with Crippen LogP contribution in [0, 0.1) is 0 Å². The maximum atomic E-state index is 11.6. The zero-order chi connectivity index (χ0) is 12.0. The van der Waals surface area contributed by atoms with Gasteiger partial charge in [0.1, 0.15) is 0 Å². The van der Waals surface area contributed by atoms with E-state index >= 15 is 0 Å². The molecule has 1 aromatic carbocycles. The van der Waals surface area contributed by atoms with Gasteiger partial charge in [-0.3, -0.25) is 4.79 Å². The first-order valence-electron chi connectivity index (χ1n) is 5.22. The molecule has 0 bridgehead atoms. The van der Waals surface area contributed by atoms with E-state index in [4.69, 9.17) is 0 Å². The van der Waals surface area contributed by atoms with Crippen LogP contribution in [0.1, 0.15) is 17.3 Å². The summed E-state index contributed by atoms with van der Waals surface area (Å²) >= 11 is 0. The maximum Gasteiger partial charge on any atom is 0.317 e. The number of rotatable bonds is 4. The zero-order valence-corrected chi connectivity index (χ0v) is 9.56.